The molecule has 4 nitrogen and oxygen atoms in total. The zero-order valence-electron chi connectivity index (χ0n) is 12.3. The molecule has 0 aliphatic carbocycles. The molecule has 5 heteroatoms. The highest BCUT2D eigenvalue weighted by Crippen LogP contribution is 2.18. The number of halogens is 1. The quantitative estimate of drug-likeness (QED) is 0.477. The smallest absolute Gasteiger partial charge is 0.318 e. The number of hydrogen-bond acceptors (Lipinski definition) is 4. The van der Waals surface area contributed by atoms with Crippen molar-refractivity contribution < 1.29 is 9.63 Å². The lowest BCUT2D eigenvalue weighted by Crippen LogP contribution is -2.13. The van der Waals surface area contributed by atoms with E-state index < -0.39 is 5.97 Å². The minimum absolute atomic E-state index is 0.474. The number of aliphatic imine (C=N–C) groups is 1. The van der Waals surface area contributed by atoms with Crippen LogP contribution in [0.25, 0.3) is 0 Å². The van der Waals surface area contributed by atoms with E-state index in [4.69, 9.17) is 16.4 Å². The summed E-state index contributed by atoms with van der Waals surface area (Å²) in [6.07, 6.45) is 0. The summed E-state index contributed by atoms with van der Waals surface area (Å²) in [6.45, 7) is 3.04. The predicted molar refractivity (Wildman–Crippen MR) is 89.0 cm³/mol. The Morgan fingerprint density at radius 1 is 1.00 bits per heavy atom. The van der Waals surface area contributed by atoms with Gasteiger partial charge in [-0.15, -0.1) is 0 Å². The molecule has 0 aliphatic rings. The molecule has 2 aromatic carbocycles. The van der Waals surface area contributed by atoms with Crippen molar-refractivity contribution in [2.75, 3.05) is 0 Å². The molecular formula is C17H15ClN2O2. The number of carbonyl (C=O) groups is 1. The Kier molecular flexibility index (Phi) is 5.44. The van der Waals surface area contributed by atoms with E-state index in [9.17, 15) is 4.79 Å². The molecule has 112 valence electrons. The van der Waals surface area contributed by atoms with Crippen molar-refractivity contribution in [3.05, 3.63) is 65.2 Å². The number of hydrogen-bond donors (Lipinski definition) is 0. The van der Waals surface area contributed by atoms with Gasteiger partial charge < -0.3 is 4.84 Å². The maximum atomic E-state index is 10.9. The van der Waals surface area contributed by atoms with E-state index >= 15 is 0 Å². The van der Waals surface area contributed by atoms with Crippen molar-refractivity contribution in [2.24, 2.45) is 10.1 Å². The molecule has 0 radical (unpaired) electrons. The van der Waals surface area contributed by atoms with Crippen LogP contribution in [0.2, 0.25) is 5.02 Å². The fourth-order valence-corrected chi connectivity index (χ4v) is 1.90. The first-order valence-corrected chi connectivity index (χ1v) is 7.06. The largest absolute Gasteiger partial charge is 0.331 e. The number of nitrogens with zero attached hydrogens (tertiary/aromatic N) is 2. The molecule has 0 bridgehead atoms. The highest BCUT2D eigenvalue weighted by atomic mass is 35.5. The molecule has 22 heavy (non-hydrogen) atoms. The summed E-state index contributed by atoms with van der Waals surface area (Å²) in [5.41, 5.74) is 2.76. The van der Waals surface area contributed by atoms with E-state index in [0.717, 1.165) is 11.3 Å². The highest BCUT2D eigenvalue weighted by Gasteiger charge is 2.09. The summed E-state index contributed by atoms with van der Waals surface area (Å²) < 4.78 is 0. The Morgan fingerprint density at radius 2 is 1.64 bits per heavy atom. The molecule has 2 aromatic rings. The van der Waals surface area contributed by atoms with Gasteiger partial charge in [-0.25, -0.2) is 9.79 Å². The van der Waals surface area contributed by atoms with Gasteiger partial charge in [-0.2, -0.15) is 0 Å². The van der Waals surface area contributed by atoms with E-state index in [1.807, 2.05) is 42.5 Å². The molecule has 0 unspecified atom stereocenters. The van der Waals surface area contributed by atoms with Gasteiger partial charge in [0, 0.05) is 17.5 Å². The van der Waals surface area contributed by atoms with Gasteiger partial charge in [0.15, 0.2) is 0 Å². The second-order valence-electron chi connectivity index (χ2n) is 4.56. The van der Waals surface area contributed by atoms with Gasteiger partial charge in [0.05, 0.1) is 11.4 Å². The fraction of sp³-hybridized carbons (Fsp3) is 0.118. The van der Waals surface area contributed by atoms with Crippen LogP contribution < -0.4 is 0 Å². The molecule has 0 heterocycles. The van der Waals surface area contributed by atoms with Gasteiger partial charge in [0.1, 0.15) is 5.71 Å². The van der Waals surface area contributed by atoms with E-state index in [-0.39, 0.29) is 0 Å². The Morgan fingerprint density at radius 3 is 2.23 bits per heavy atom. The summed E-state index contributed by atoms with van der Waals surface area (Å²) in [4.78, 5) is 20.2. The third-order valence-electron chi connectivity index (χ3n) is 2.77. The molecule has 0 N–H and O–H groups in total. The lowest BCUT2D eigenvalue weighted by atomic mass is 10.1. The zero-order valence-corrected chi connectivity index (χ0v) is 13.0. The lowest BCUT2D eigenvalue weighted by Gasteiger charge is -2.06. The second kappa shape index (κ2) is 7.52. The molecule has 0 fully saturated rings. The summed E-state index contributed by atoms with van der Waals surface area (Å²) in [5, 5.41) is 4.47. The molecular weight excluding hydrogens is 300 g/mol. The Balaban J connectivity index is 2.43. The molecule has 0 atom stereocenters. The summed E-state index contributed by atoms with van der Waals surface area (Å²) >= 11 is 5.88. The van der Waals surface area contributed by atoms with Crippen molar-refractivity contribution in [3.8, 4) is 0 Å². The van der Waals surface area contributed by atoms with Crippen LogP contribution in [0.1, 0.15) is 19.4 Å². The molecule has 0 saturated heterocycles. The van der Waals surface area contributed by atoms with Crippen LogP contribution in [0.15, 0.2) is 64.7 Å². The Hall–Kier alpha value is -2.46. The maximum absolute atomic E-state index is 10.9. The minimum atomic E-state index is -0.474. The third-order valence-corrected chi connectivity index (χ3v) is 3.02. The van der Waals surface area contributed by atoms with Gasteiger partial charge in [0.2, 0.25) is 0 Å². The first-order chi connectivity index (χ1) is 10.6. The van der Waals surface area contributed by atoms with Crippen LogP contribution in [0.4, 0.5) is 5.69 Å². The van der Waals surface area contributed by atoms with E-state index in [2.05, 4.69) is 10.1 Å². The monoisotopic (exact) mass is 314 g/mol. The van der Waals surface area contributed by atoms with Crippen molar-refractivity contribution in [3.63, 3.8) is 0 Å². The lowest BCUT2D eigenvalue weighted by molar-refractivity contribution is -0.140. The van der Waals surface area contributed by atoms with E-state index in [0.29, 0.717) is 16.4 Å². The number of carbonyl (C=O) groups excluding carboxylic acids is 1. The standard InChI is InChI=1S/C17H15ClN2O2/c1-12(20-22-13(2)21)17(14-6-4-3-5-7-14)19-16-10-8-15(18)9-11-16/h3-11H,1-2H3/b19-17?,20-12-. The van der Waals surface area contributed by atoms with E-state index in [1.54, 1.807) is 19.1 Å². The van der Waals surface area contributed by atoms with Crippen LogP contribution >= 0.6 is 11.6 Å². The molecule has 0 saturated carbocycles. The zero-order chi connectivity index (χ0) is 15.9. The van der Waals surface area contributed by atoms with Crippen molar-refractivity contribution in [1.82, 2.24) is 0 Å². The molecule has 2 rings (SSSR count). The molecule has 0 aliphatic heterocycles. The third kappa shape index (κ3) is 4.53. The number of rotatable bonds is 4. The van der Waals surface area contributed by atoms with Gasteiger partial charge in [-0.1, -0.05) is 47.1 Å². The average molecular weight is 315 g/mol. The van der Waals surface area contributed by atoms with Gasteiger partial charge in [0.25, 0.3) is 0 Å². The molecule has 0 amide bonds. The second-order valence-corrected chi connectivity index (χ2v) is 5.00. The van der Waals surface area contributed by atoms with Crippen LogP contribution in [-0.2, 0) is 9.63 Å². The van der Waals surface area contributed by atoms with Gasteiger partial charge in [-0.3, -0.25) is 0 Å². The van der Waals surface area contributed by atoms with E-state index in [1.165, 1.54) is 6.92 Å². The first kappa shape index (κ1) is 15.9. The average Bonchev–Trinajstić information content (AvgIpc) is 2.53. The normalized spacial score (nSPS) is 12.1. The van der Waals surface area contributed by atoms with Gasteiger partial charge in [-0.05, 0) is 31.2 Å². The first-order valence-electron chi connectivity index (χ1n) is 6.68. The van der Waals surface area contributed by atoms with Crippen molar-refractivity contribution in [2.45, 2.75) is 13.8 Å². The van der Waals surface area contributed by atoms with Gasteiger partial charge >= 0.3 is 5.97 Å². The predicted octanol–water partition coefficient (Wildman–Crippen LogP) is 4.40. The Bertz CT molecular complexity index is 707. The molecule has 0 aromatic heterocycles. The van der Waals surface area contributed by atoms with Crippen LogP contribution in [0.3, 0.4) is 0 Å². The number of oxime groups is 1. The topological polar surface area (TPSA) is 51.0 Å². The number of benzene rings is 2. The maximum Gasteiger partial charge on any atom is 0.331 e. The Labute approximate surface area is 134 Å². The fourth-order valence-electron chi connectivity index (χ4n) is 1.77. The van der Waals surface area contributed by atoms with Crippen LogP contribution in [0.5, 0.6) is 0 Å². The summed E-state index contributed by atoms with van der Waals surface area (Å²) in [5.74, 6) is -0.474. The van der Waals surface area contributed by atoms with Crippen molar-refractivity contribution in [1.29, 1.82) is 0 Å². The SMILES string of the molecule is CC(=O)O/N=C(/C)C(=Nc1ccc(Cl)cc1)c1ccccc1. The van der Waals surface area contributed by atoms with Crippen LogP contribution in [0, 0.1) is 0 Å². The van der Waals surface area contributed by atoms with Crippen LogP contribution in [-0.4, -0.2) is 17.4 Å². The summed E-state index contributed by atoms with van der Waals surface area (Å²) in [6, 6.07) is 16.7. The highest BCUT2D eigenvalue weighted by molar-refractivity contribution is 6.48. The molecule has 0 spiro atoms. The summed E-state index contributed by atoms with van der Waals surface area (Å²) in [7, 11) is 0. The minimum Gasteiger partial charge on any atom is -0.318 e. The van der Waals surface area contributed by atoms with Crippen molar-refractivity contribution >= 4 is 34.7 Å².